The summed E-state index contributed by atoms with van der Waals surface area (Å²) in [5.74, 6) is 0. The van der Waals surface area contributed by atoms with Gasteiger partial charge in [-0.05, 0) is 63.6 Å². The summed E-state index contributed by atoms with van der Waals surface area (Å²) in [7, 11) is -2.48. The van der Waals surface area contributed by atoms with E-state index in [0.717, 1.165) is 12.1 Å². The average molecular weight is 543 g/mol. The molecule has 0 bridgehead atoms. The topological polar surface area (TPSA) is 134 Å². The highest BCUT2D eigenvalue weighted by Gasteiger charge is 2.45. The molecule has 0 spiro atoms. The molecule has 1 amide bonds. The van der Waals surface area contributed by atoms with Crippen molar-refractivity contribution in [3.05, 3.63) is 36.2 Å². The molecule has 0 saturated heterocycles. The summed E-state index contributed by atoms with van der Waals surface area (Å²) >= 11 is 0. The molecule has 2 aliphatic rings. The minimum absolute atomic E-state index is 0.0593. The van der Waals surface area contributed by atoms with Crippen molar-refractivity contribution >= 4 is 15.9 Å². The lowest BCUT2D eigenvalue weighted by Crippen LogP contribution is -2.33. The van der Waals surface area contributed by atoms with Crippen LogP contribution in [0.25, 0.3) is 11.1 Å². The van der Waals surface area contributed by atoms with E-state index in [9.17, 15) is 26.4 Å². The summed E-state index contributed by atoms with van der Waals surface area (Å²) in [4.78, 5) is 9.29. The third-order valence-corrected chi connectivity index (χ3v) is 8.45. The number of nitrogens with zero attached hydrogens (tertiary/aromatic N) is 3. The van der Waals surface area contributed by atoms with Gasteiger partial charge in [0.15, 0.2) is 9.84 Å². The molecule has 4 rings (SSSR count). The van der Waals surface area contributed by atoms with Crippen molar-refractivity contribution in [3.8, 4) is 17.2 Å². The van der Waals surface area contributed by atoms with Crippen molar-refractivity contribution in [1.29, 1.82) is 5.26 Å². The highest BCUT2D eigenvalue weighted by Crippen LogP contribution is 2.40. The first-order chi connectivity index (χ1) is 17.2. The van der Waals surface area contributed by atoms with E-state index >= 15 is 0 Å². The number of hydrogen-bond acceptors (Lipinski definition) is 6. The third-order valence-electron chi connectivity index (χ3n) is 6.18. The first-order valence-electron chi connectivity index (χ1n) is 11.7. The lowest BCUT2D eigenvalue weighted by Gasteiger charge is -2.19. The minimum atomic E-state index is -4.78. The number of aromatic nitrogens is 2. The fourth-order valence-corrected chi connectivity index (χ4v) is 6.23. The zero-order valence-corrected chi connectivity index (χ0v) is 21.4. The van der Waals surface area contributed by atoms with Gasteiger partial charge in [-0.1, -0.05) is 6.07 Å². The number of amides is 1. The maximum Gasteiger partial charge on any atom is 0.417 e. The molecular formula is C24H29F3N4O5S. The van der Waals surface area contributed by atoms with E-state index in [1.165, 1.54) is 16.9 Å². The standard InChI is InChI=1S/C19H23F3N2O3S.C5H6N2O2/c1-12(2)27-15-5-6-16(9-15)28(25,26)18-7-4-13(8-17(18)19(20,21)22)14-10-23-24(3)11-14;6-3-5(1-2-5)7-4(8)9/h4,7-8,10-12,15-16H,5-6,9H2,1-3H3;7H,1-2H2,(H,8,9)/t15-,16-;/m0./s1. The van der Waals surface area contributed by atoms with Gasteiger partial charge in [0.2, 0.25) is 0 Å². The molecule has 2 atom stereocenters. The molecule has 1 aromatic carbocycles. The molecule has 37 heavy (non-hydrogen) atoms. The Balaban J connectivity index is 0.000000356. The monoisotopic (exact) mass is 542 g/mol. The van der Waals surface area contributed by atoms with Crippen molar-refractivity contribution in [3.63, 3.8) is 0 Å². The van der Waals surface area contributed by atoms with Crippen LogP contribution in [0.2, 0.25) is 0 Å². The first kappa shape index (κ1) is 28.5. The number of rotatable bonds is 6. The van der Waals surface area contributed by atoms with E-state index < -0.39 is 43.4 Å². The van der Waals surface area contributed by atoms with Crippen LogP contribution in [0.15, 0.2) is 35.5 Å². The molecule has 2 N–H and O–H groups in total. The van der Waals surface area contributed by atoms with Crippen molar-refractivity contribution in [1.82, 2.24) is 15.1 Å². The van der Waals surface area contributed by atoms with Crippen molar-refractivity contribution in [2.45, 2.75) is 80.0 Å². The van der Waals surface area contributed by atoms with Gasteiger partial charge in [-0.2, -0.15) is 23.5 Å². The van der Waals surface area contributed by atoms with Crippen molar-refractivity contribution in [2.75, 3.05) is 0 Å². The zero-order chi connectivity index (χ0) is 27.6. The number of nitriles is 1. The van der Waals surface area contributed by atoms with Crippen LogP contribution in [-0.2, 0) is 27.8 Å². The number of carboxylic acid groups (broad SMARTS) is 1. The smallest absolute Gasteiger partial charge is 0.417 e. The first-order valence-corrected chi connectivity index (χ1v) is 13.2. The van der Waals surface area contributed by atoms with Gasteiger partial charge in [0.25, 0.3) is 0 Å². The quantitative estimate of drug-likeness (QED) is 0.547. The van der Waals surface area contributed by atoms with Crippen LogP contribution in [-0.4, -0.2) is 52.4 Å². The van der Waals surface area contributed by atoms with E-state index in [4.69, 9.17) is 15.1 Å². The number of benzene rings is 1. The van der Waals surface area contributed by atoms with Gasteiger partial charge in [-0.3, -0.25) is 4.68 Å². The molecule has 13 heteroatoms. The SMILES string of the molecule is CC(C)O[C@H]1CC[C@H](S(=O)(=O)c2ccc(-c3cnn(C)c3)cc2C(F)(F)F)C1.N#CC1(NC(=O)O)CC1. The second-order valence-corrected chi connectivity index (χ2v) is 11.7. The number of hydrogen-bond donors (Lipinski definition) is 2. The average Bonchev–Trinajstić information content (AvgIpc) is 3.17. The number of carbonyl (C=O) groups is 1. The molecule has 9 nitrogen and oxygen atoms in total. The molecule has 202 valence electrons. The zero-order valence-electron chi connectivity index (χ0n) is 20.6. The molecule has 2 saturated carbocycles. The molecule has 0 radical (unpaired) electrons. The maximum atomic E-state index is 13.7. The molecular weight excluding hydrogens is 513 g/mol. The highest BCUT2D eigenvalue weighted by molar-refractivity contribution is 7.92. The maximum absolute atomic E-state index is 13.7. The molecule has 1 aromatic heterocycles. The summed E-state index contributed by atoms with van der Waals surface area (Å²) < 4.78 is 74.3. The number of nitrogens with one attached hydrogen (secondary N) is 1. The van der Waals surface area contributed by atoms with Crippen LogP contribution < -0.4 is 5.32 Å². The number of sulfone groups is 1. The Morgan fingerprint density at radius 1 is 1.30 bits per heavy atom. The Morgan fingerprint density at radius 3 is 2.43 bits per heavy atom. The van der Waals surface area contributed by atoms with Gasteiger partial charge in [-0.15, -0.1) is 0 Å². The number of ether oxygens (including phenoxy) is 1. The summed E-state index contributed by atoms with van der Waals surface area (Å²) in [6.45, 7) is 3.70. The summed E-state index contributed by atoms with van der Waals surface area (Å²) in [5.41, 5.74) is -1.11. The normalized spacial score (nSPS) is 20.6. The van der Waals surface area contributed by atoms with Gasteiger partial charge < -0.3 is 15.2 Å². The van der Waals surface area contributed by atoms with Crippen LogP contribution in [0.5, 0.6) is 0 Å². The van der Waals surface area contributed by atoms with E-state index in [1.807, 2.05) is 19.9 Å². The van der Waals surface area contributed by atoms with Gasteiger partial charge in [0, 0.05) is 18.8 Å². The fourth-order valence-electron chi connectivity index (χ4n) is 4.21. The molecule has 2 fully saturated rings. The molecule has 1 heterocycles. The number of alkyl halides is 3. The summed E-state index contributed by atoms with van der Waals surface area (Å²) in [6, 6.07) is 5.25. The Bertz CT molecular complexity index is 1280. The Kier molecular flexibility index (Phi) is 8.24. The van der Waals surface area contributed by atoms with Gasteiger partial charge in [0.05, 0.1) is 40.2 Å². The van der Waals surface area contributed by atoms with Gasteiger partial charge >= 0.3 is 12.3 Å². The number of aryl methyl sites for hydroxylation is 1. The second kappa shape index (κ2) is 10.7. The lowest BCUT2D eigenvalue weighted by atomic mass is 10.1. The molecule has 2 aliphatic carbocycles. The van der Waals surface area contributed by atoms with Gasteiger partial charge in [-0.25, -0.2) is 13.2 Å². The minimum Gasteiger partial charge on any atom is -0.465 e. The van der Waals surface area contributed by atoms with Crippen LogP contribution >= 0.6 is 0 Å². The van der Waals surface area contributed by atoms with Crippen molar-refractivity contribution in [2.24, 2.45) is 7.05 Å². The fraction of sp³-hybridized carbons (Fsp3) is 0.542. The second-order valence-electron chi connectivity index (χ2n) is 9.52. The summed E-state index contributed by atoms with van der Waals surface area (Å²) in [5, 5.41) is 21.7. The van der Waals surface area contributed by atoms with E-state index in [-0.39, 0.29) is 24.2 Å². The lowest BCUT2D eigenvalue weighted by molar-refractivity contribution is -0.139. The Labute approximate surface area is 213 Å². The third kappa shape index (κ3) is 7.01. The van der Waals surface area contributed by atoms with E-state index in [1.54, 1.807) is 13.2 Å². The predicted molar refractivity (Wildman–Crippen MR) is 127 cm³/mol. The molecule has 0 aliphatic heterocycles. The predicted octanol–water partition coefficient (Wildman–Crippen LogP) is 4.54. The van der Waals surface area contributed by atoms with E-state index in [0.29, 0.717) is 31.2 Å². The number of halogens is 3. The van der Waals surface area contributed by atoms with E-state index in [2.05, 4.69) is 10.4 Å². The van der Waals surface area contributed by atoms with Crippen LogP contribution in [0, 0.1) is 11.3 Å². The largest absolute Gasteiger partial charge is 0.465 e. The Hall–Kier alpha value is -3.11. The molecule has 0 unspecified atom stereocenters. The highest BCUT2D eigenvalue weighted by atomic mass is 32.2. The van der Waals surface area contributed by atoms with Crippen molar-refractivity contribution < 1.29 is 36.2 Å². The van der Waals surface area contributed by atoms with Crippen LogP contribution in [0.1, 0.15) is 51.5 Å². The molecule has 2 aromatic rings. The van der Waals surface area contributed by atoms with Crippen LogP contribution in [0.3, 0.4) is 0 Å². The van der Waals surface area contributed by atoms with Gasteiger partial charge in [0.1, 0.15) is 5.54 Å². The van der Waals surface area contributed by atoms with Crippen LogP contribution in [0.4, 0.5) is 18.0 Å². The summed E-state index contributed by atoms with van der Waals surface area (Å²) in [6.07, 6.45) is -0.865. The Morgan fingerprint density at radius 2 is 1.97 bits per heavy atom.